The van der Waals surface area contributed by atoms with Crippen molar-refractivity contribution in [2.75, 3.05) is 20.8 Å². The lowest BCUT2D eigenvalue weighted by atomic mass is 9.86. The molecule has 1 atom stereocenters. The molecule has 2 rings (SSSR count). The quantitative estimate of drug-likeness (QED) is 0.811. The molecule has 0 spiro atoms. The number of hydrogen-bond acceptors (Lipinski definition) is 4. The van der Waals surface area contributed by atoms with Crippen molar-refractivity contribution in [2.24, 2.45) is 5.92 Å². The number of methoxy groups -OCH3 is 2. The maximum atomic E-state index is 9.24. The Labute approximate surface area is 133 Å². The van der Waals surface area contributed by atoms with Gasteiger partial charge in [0.05, 0.1) is 14.2 Å². The molecule has 0 saturated heterocycles. The van der Waals surface area contributed by atoms with E-state index in [4.69, 9.17) is 9.47 Å². The molecule has 1 fully saturated rings. The first kappa shape index (κ1) is 17.1. The molecule has 0 bridgehead atoms. The van der Waals surface area contributed by atoms with Crippen LogP contribution in [-0.4, -0.2) is 32.0 Å². The van der Waals surface area contributed by atoms with E-state index < -0.39 is 0 Å². The zero-order chi connectivity index (χ0) is 15.9. The first-order valence-corrected chi connectivity index (χ1v) is 8.30. The summed E-state index contributed by atoms with van der Waals surface area (Å²) in [5.74, 6) is 2.05. The van der Waals surface area contributed by atoms with Crippen molar-refractivity contribution in [3.05, 3.63) is 23.8 Å². The van der Waals surface area contributed by atoms with Gasteiger partial charge in [-0.05, 0) is 55.7 Å². The van der Waals surface area contributed by atoms with Gasteiger partial charge in [-0.15, -0.1) is 0 Å². The topological polar surface area (TPSA) is 50.7 Å². The van der Waals surface area contributed by atoms with E-state index in [1.807, 2.05) is 6.07 Å². The van der Waals surface area contributed by atoms with E-state index in [0.717, 1.165) is 43.6 Å². The Morgan fingerprint density at radius 3 is 2.36 bits per heavy atom. The molecule has 4 heteroatoms. The molecule has 0 aliphatic heterocycles. The number of ether oxygens (including phenoxy) is 2. The fourth-order valence-corrected chi connectivity index (χ4v) is 3.32. The van der Waals surface area contributed by atoms with Crippen LogP contribution in [0.25, 0.3) is 0 Å². The highest BCUT2D eigenvalue weighted by atomic mass is 16.5. The second kappa shape index (κ2) is 8.39. The number of aliphatic hydroxyl groups excluding tert-OH is 1. The summed E-state index contributed by atoms with van der Waals surface area (Å²) in [5, 5.41) is 13.0. The van der Waals surface area contributed by atoms with E-state index in [9.17, 15) is 5.11 Å². The number of hydrogen-bond donors (Lipinski definition) is 2. The van der Waals surface area contributed by atoms with Crippen LogP contribution in [-0.2, 0) is 0 Å². The van der Waals surface area contributed by atoms with Crippen LogP contribution >= 0.6 is 0 Å². The maximum Gasteiger partial charge on any atom is 0.161 e. The van der Waals surface area contributed by atoms with Crippen LogP contribution in [0, 0.1) is 5.92 Å². The Morgan fingerprint density at radius 2 is 1.82 bits per heavy atom. The van der Waals surface area contributed by atoms with E-state index in [1.165, 1.54) is 5.56 Å². The first-order chi connectivity index (χ1) is 10.7. The zero-order valence-electron chi connectivity index (χ0n) is 14.0. The number of benzene rings is 1. The molecule has 1 aromatic rings. The Kier molecular flexibility index (Phi) is 6.52. The normalized spacial score (nSPS) is 23.1. The van der Waals surface area contributed by atoms with Crippen molar-refractivity contribution in [2.45, 2.75) is 51.1 Å². The molecule has 1 saturated carbocycles. The average Bonchev–Trinajstić information content (AvgIpc) is 2.59. The molecule has 124 valence electrons. The van der Waals surface area contributed by atoms with E-state index in [0.29, 0.717) is 24.6 Å². The van der Waals surface area contributed by atoms with Crippen molar-refractivity contribution in [3.8, 4) is 11.5 Å². The monoisotopic (exact) mass is 307 g/mol. The van der Waals surface area contributed by atoms with Gasteiger partial charge in [0, 0.05) is 18.7 Å². The molecule has 1 unspecified atom stereocenters. The van der Waals surface area contributed by atoms with Crippen LogP contribution in [0.1, 0.15) is 50.6 Å². The Bertz CT molecular complexity index is 456. The molecule has 0 amide bonds. The third-order valence-electron chi connectivity index (χ3n) is 4.76. The molecule has 22 heavy (non-hydrogen) atoms. The van der Waals surface area contributed by atoms with Gasteiger partial charge in [-0.2, -0.15) is 0 Å². The van der Waals surface area contributed by atoms with Crippen LogP contribution in [0.15, 0.2) is 18.2 Å². The van der Waals surface area contributed by atoms with Crippen LogP contribution in [0.5, 0.6) is 11.5 Å². The molecule has 4 nitrogen and oxygen atoms in total. The highest BCUT2D eigenvalue weighted by Crippen LogP contribution is 2.32. The van der Waals surface area contributed by atoms with Crippen LogP contribution in [0.2, 0.25) is 0 Å². The highest BCUT2D eigenvalue weighted by Gasteiger charge is 2.23. The Balaban J connectivity index is 2.02. The van der Waals surface area contributed by atoms with Gasteiger partial charge in [0.15, 0.2) is 11.5 Å². The molecular weight excluding hydrogens is 278 g/mol. The van der Waals surface area contributed by atoms with Gasteiger partial charge in [-0.3, -0.25) is 0 Å². The van der Waals surface area contributed by atoms with E-state index in [1.54, 1.807) is 14.2 Å². The second-order valence-electron chi connectivity index (χ2n) is 6.14. The standard InChI is InChI=1S/C18H29NO3/c1-4-16(19-15-8-5-13(12-20)6-9-15)14-7-10-17(21-2)18(11-14)22-3/h7,10-11,13,15-16,19-20H,4-6,8-9,12H2,1-3H3. The van der Waals surface area contributed by atoms with E-state index >= 15 is 0 Å². The van der Waals surface area contributed by atoms with Gasteiger partial charge in [0.2, 0.25) is 0 Å². The van der Waals surface area contributed by atoms with Crippen molar-refractivity contribution in [3.63, 3.8) is 0 Å². The third kappa shape index (κ3) is 4.14. The fourth-order valence-electron chi connectivity index (χ4n) is 3.32. The lowest BCUT2D eigenvalue weighted by Gasteiger charge is -2.31. The summed E-state index contributed by atoms with van der Waals surface area (Å²) in [6, 6.07) is 7.03. The summed E-state index contributed by atoms with van der Waals surface area (Å²) in [5.41, 5.74) is 1.24. The molecule has 0 heterocycles. The first-order valence-electron chi connectivity index (χ1n) is 8.30. The molecule has 0 radical (unpaired) electrons. The van der Waals surface area contributed by atoms with Crippen LogP contribution in [0.3, 0.4) is 0 Å². The van der Waals surface area contributed by atoms with Crippen molar-refractivity contribution in [1.82, 2.24) is 5.32 Å². The molecule has 0 aromatic heterocycles. The second-order valence-corrected chi connectivity index (χ2v) is 6.14. The van der Waals surface area contributed by atoms with Crippen molar-refractivity contribution < 1.29 is 14.6 Å². The van der Waals surface area contributed by atoms with Gasteiger partial charge < -0.3 is 19.9 Å². The van der Waals surface area contributed by atoms with Gasteiger partial charge in [0.1, 0.15) is 0 Å². The molecule has 1 aromatic carbocycles. The minimum atomic E-state index is 0.329. The summed E-state index contributed by atoms with van der Waals surface area (Å²) in [7, 11) is 3.33. The van der Waals surface area contributed by atoms with Gasteiger partial charge >= 0.3 is 0 Å². The number of rotatable bonds is 7. The lowest BCUT2D eigenvalue weighted by Crippen LogP contribution is -2.36. The molecule has 1 aliphatic rings. The van der Waals surface area contributed by atoms with Crippen molar-refractivity contribution in [1.29, 1.82) is 0 Å². The predicted molar refractivity (Wildman–Crippen MR) is 88.5 cm³/mol. The van der Waals surface area contributed by atoms with Gasteiger partial charge in [-0.1, -0.05) is 13.0 Å². The summed E-state index contributed by atoms with van der Waals surface area (Å²) in [6.07, 6.45) is 5.58. The SMILES string of the molecule is CCC(NC1CCC(CO)CC1)c1ccc(OC)c(OC)c1. The summed E-state index contributed by atoms with van der Waals surface area (Å²) < 4.78 is 10.7. The minimum Gasteiger partial charge on any atom is -0.493 e. The van der Waals surface area contributed by atoms with Crippen LogP contribution < -0.4 is 14.8 Å². The molecule has 2 N–H and O–H groups in total. The maximum absolute atomic E-state index is 9.24. The van der Waals surface area contributed by atoms with Crippen molar-refractivity contribution >= 4 is 0 Å². The predicted octanol–water partition coefficient (Wildman–Crippen LogP) is 3.30. The minimum absolute atomic E-state index is 0.329. The lowest BCUT2D eigenvalue weighted by molar-refractivity contribution is 0.171. The Hall–Kier alpha value is -1.26. The van der Waals surface area contributed by atoms with Crippen LogP contribution in [0.4, 0.5) is 0 Å². The molecular formula is C18H29NO3. The average molecular weight is 307 g/mol. The van der Waals surface area contributed by atoms with E-state index in [-0.39, 0.29) is 0 Å². The zero-order valence-corrected chi connectivity index (χ0v) is 14.0. The highest BCUT2D eigenvalue weighted by molar-refractivity contribution is 5.43. The fraction of sp³-hybridized carbons (Fsp3) is 0.667. The largest absolute Gasteiger partial charge is 0.493 e. The summed E-state index contributed by atoms with van der Waals surface area (Å²) in [6.45, 7) is 2.54. The summed E-state index contributed by atoms with van der Waals surface area (Å²) in [4.78, 5) is 0. The molecule has 1 aliphatic carbocycles. The number of aliphatic hydroxyl groups is 1. The summed E-state index contributed by atoms with van der Waals surface area (Å²) >= 11 is 0. The smallest absolute Gasteiger partial charge is 0.161 e. The van der Waals surface area contributed by atoms with Gasteiger partial charge in [0.25, 0.3) is 0 Å². The number of nitrogens with one attached hydrogen (secondary N) is 1. The third-order valence-corrected chi connectivity index (χ3v) is 4.76. The Morgan fingerprint density at radius 1 is 1.14 bits per heavy atom. The van der Waals surface area contributed by atoms with E-state index in [2.05, 4.69) is 24.4 Å². The van der Waals surface area contributed by atoms with Gasteiger partial charge in [-0.25, -0.2) is 0 Å².